The molecule has 1 aromatic heterocycles. The van der Waals surface area contributed by atoms with Gasteiger partial charge >= 0.3 is 0 Å². The van der Waals surface area contributed by atoms with Crippen molar-refractivity contribution in [3.63, 3.8) is 0 Å². The van der Waals surface area contributed by atoms with E-state index in [2.05, 4.69) is 49.2 Å². The molecule has 1 heterocycles. The normalized spacial score (nSPS) is 10.6. The fraction of sp³-hybridized carbons (Fsp3) is 0.389. The first-order chi connectivity index (χ1) is 9.31. The number of hydrogen-bond donors (Lipinski definition) is 0. The summed E-state index contributed by atoms with van der Waals surface area (Å²) in [6.07, 6.45) is 8.26. The summed E-state index contributed by atoms with van der Waals surface area (Å²) in [5.74, 6) is 0. The number of aryl methyl sites for hydroxylation is 2. The summed E-state index contributed by atoms with van der Waals surface area (Å²) >= 11 is 0. The molecule has 0 atom stereocenters. The summed E-state index contributed by atoms with van der Waals surface area (Å²) in [6.45, 7) is 4.42. The van der Waals surface area contributed by atoms with Crippen LogP contribution in [-0.2, 0) is 6.42 Å². The molecule has 0 N–H and O–H groups in total. The van der Waals surface area contributed by atoms with Crippen LogP contribution in [-0.4, -0.2) is 4.98 Å². The average molecular weight is 253 g/mol. The third-order valence-corrected chi connectivity index (χ3v) is 3.50. The summed E-state index contributed by atoms with van der Waals surface area (Å²) in [5, 5.41) is 0. The van der Waals surface area contributed by atoms with E-state index in [4.69, 9.17) is 0 Å². The lowest BCUT2D eigenvalue weighted by Crippen LogP contribution is -1.93. The molecule has 19 heavy (non-hydrogen) atoms. The van der Waals surface area contributed by atoms with Gasteiger partial charge in [0.25, 0.3) is 0 Å². The maximum absolute atomic E-state index is 4.48. The Kier molecular flexibility index (Phi) is 5.14. The molecule has 0 aliphatic carbocycles. The third kappa shape index (κ3) is 3.92. The van der Waals surface area contributed by atoms with Gasteiger partial charge in [-0.15, -0.1) is 0 Å². The number of pyridine rings is 1. The van der Waals surface area contributed by atoms with E-state index in [9.17, 15) is 0 Å². The molecule has 0 saturated heterocycles. The number of benzene rings is 1. The van der Waals surface area contributed by atoms with Crippen LogP contribution >= 0.6 is 0 Å². The molecule has 0 saturated carbocycles. The minimum absolute atomic E-state index is 1.09. The Hall–Kier alpha value is -1.63. The van der Waals surface area contributed by atoms with Crippen molar-refractivity contribution in [2.24, 2.45) is 0 Å². The van der Waals surface area contributed by atoms with Crippen molar-refractivity contribution >= 4 is 0 Å². The van der Waals surface area contributed by atoms with Crippen LogP contribution < -0.4 is 0 Å². The molecular formula is C18H23N. The molecule has 1 nitrogen and oxygen atoms in total. The molecular weight excluding hydrogens is 230 g/mol. The first-order valence-corrected chi connectivity index (χ1v) is 7.32. The van der Waals surface area contributed by atoms with Crippen LogP contribution in [0.5, 0.6) is 0 Å². The van der Waals surface area contributed by atoms with Gasteiger partial charge in [-0.1, -0.05) is 56.0 Å². The van der Waals surface area contributed by atoms with Crippen molar-refractivity contribution in [2.45, 2.75) is 46.0 Å². The molecule has 1 aromatic carbocycles. The highest BCUT2D eigenvalue weighted by Crippen LogP contribution is 2.24. The van der Waals surface area contributed by atoms with Gasteiger partial charge in [-0.05, 0) is 37.5 Å². The van der Waals surface area contributed by atoms with Gasteiger partial charge < -0.3 is 0 Å². The van der Waals surface area contributed by atoms with Crippen molar-refractivity contribution < 1.29 is 0 Å². The highest BCUT2D eigenvalue weighted by atomic mass is 14.7. The average Bonchev–Trinajstić information content (AvgIpc) is 2.45. The van der Waals surface area contributed by atoms with Gasteiger partial charge in [-0.25, -0.2) is 0 Å². The Morgan fingerprint density at radius 2 is 1.89 bits per heavy atom. The molecule has 1 heteroatoms. The minimum Gasteiger partial charge on any atom is -0.256 e. The Labute approximate surface area is 116 Å². The number of unbranched alkanes of at least 4 members (excludes halogenated alkanes) is 3. The van der Waals surface area contributed by atoms with Crippen LogP contribution in [0.15, 0.2) is 42.6 Å². The molecule has 0 bridgehead atoms. The Balaban J connectivity index is 2.18. The van der Waals surface area contributed by atoms with E-state index in [1.54, 1.807) is 0 Å². The fourth-order valence-electron chi connectivity index (χ4n) is 2.44. The fourth-order valence-corrected chi connectivity index (χ4v) is 2.44. The Bertz CT molecular complexity index is 502. The predicted molar refractivity (Wildman–Crippen MR) is 82.3 cm³/mol. The molecule has 0 fully saturated rings. The molecule has 0 unspecified atom stereocenters. The SMILES string of the molecule is CCCCCCc1cc(C)ccc1-c1ccccn1. The zero-order valence-corrected chi connectivity index (χ0v) is 12.0. The summed E-state index contributed by atoms with van der Waals surface area (Å²) in [6, 6.07) is 12.8. The number of rotatable bonds is 6. The maximum Gasteiger partial charge on any atom is 0.0704 e. The van der Waals surface area contributed by atoms with Crippen LogP contribution in [0, 0.1) is 6.92 Å². The first-order valence-electron chi connectivity index (χ1n) is 7.32. The molecule has 2 rings (SSSR count). The van der Waals surface area contributed by atoms with Gasteiger partial charge in [-0.2, -0.15) is 0 Å². The molecule has 0 aliphatic heterocycles. The maximum atomic E-state index is 4.48. The Morgan fingerprint density at radius 3 is 2.63 bits per heavy atom. The number of nitrogens with zero attached hydrogens (tertiary/aromatic N) is 1. The lowest BCUT2D eigenvalue weighted by molar-refractivity contribution is 0.667. The van der Waals surface area contributed by atoms with Crippen LogP contribution in [0.2, 0.25) is 0 Å². The zero-order chi connectivity index (χ0) is 13.5. The van der Waals surface area contributed by atoms with Crippen LogP contribution in [0.25, 0.3) is 11.3 Å². The van der Waals surface area contributed by atoms with E-state index in [0.29, 0.717) is 0 Å². The van der Waals surface area contributed by atoms with Gasteiger partial charge in [0.2, 0.25) is 0 Å². The van der Waals surface area contributed by atoms with E-state index in [0.717, 1.165) is 12.1 Å². The van der Waals surface area contributed by atoms with Crippen molar-refractivity contribution in [1.82, 2.24) is 4.98 Å². The second-order valence-corrected chi connectivity index (χ2v) is 5.19. The van der Waals surface area contributed by atoms with Gasteiger partial charge in [0, 0.05) is 11.8 Å². The second kappa shape index (κ2) is 7.08. The predicted octanol–water partition coefficient (Wildman–Crippen LogP) is 5.18. The van der Waals surface area contributed by atoms with Crippen LogP contribution in [0.3, 0.4) is 0 Å². The highest BCUT2D eigenvalue weighted by Gasteiger charge is 2.06. The lowest BCUT2D eigenvalue weighted by atomic mass is 9.96. The van der Waals surface area contributed by atoms with Crippen molar-refractivity contribution in [1.29, 1.82) is 0 Å². The third-order valence-electron chi connectivity index (χ3n) is 3.50. The Morgan fingerprint density at radius 1 is 1.00 bits per heavy atom. The largest absolute Gasteiger partial charge is 0.256 e. The number of aromatic nitrogens is 1. The quantitative estimate of drug-likeness (QED) is 0.646. The van der Waals surface area contributed by atoms with E-state index < -0.39 is 0 Å². The highest BCUT2D eigenvalue weighted by molar-refractivity contribution is 5.64. The molecule has 0 spiro atoms. The van der Waals surface area contributed by atoms with E-state index in [-0.39, 0.29) is 0 Å². The molecule has 0 amide bonds. The lowest BCUT2D eigenvalue weighted by Gasteiger charge is -2.10. The van der Waals surface area contributed by atoms with Gasteiger partial charge in [0.15, 0.2) is 0 Å². The van der Waals surface area contributed by atoms with Gasteiger partial charge in [0.1, 0.15) is 0 Å². The molecule has 2 aromatic rings. The van der Waals surface area contributed by atoms with Crippen molar-refractivity contribution in [3.8, 4) is 11.3 Å². The van der Waals surface area contributed by atoms with Gasteiger partial charge in [0.05, 0.1) is 5.69 Å². The molecule has 0 aliphatic rings. The monoisotopic (exact) mass is 253 g/mol. The van der Waals surface area contributed by atoms with Gasteiger partial charge in [-0.3, -0.25) is 4.98 Å². The second-order valence-electron chi connectivity index (χ2n) is 5.19. The smallest absolute Gasteiger partial charge is 0.0704 e. The zero-order valence-electron chi connectivity index (χ0n) is 12.0. The summed E-state index contributed by atoms with van der Waals surface area (Å²) in [5.41, 5.74) is 5.16. The van der Waals surface area contributed by atoms with E-state index in [1.165, 1.54) is 42.4 Å². The first kappa shape index (κ1) is 13.8. The number of hydrogen-bond acceptors (Lipinski definition) is 1. The standard InChI is InChI=1S/C18H23N/c1-3-4-5-6-9-16-14-15(2)11-12-17(16)18-10-7-8-13-19-18/h7-8,10-14H,3-6,9H2,1-2H3. The minimum atomic E-state index is 1.09. The summed E-state index contributed by atoms with van der Waals surface area (Å²) < 4.78 is 0. The van der Waals surface area contributed by atoms with Crippen molar-refractivity contribution in [3.05, 3.63) is 53.7 Å². The summed E-state index contributed by atoms with van der Waals surface area (Å²) in [7, 11) is 0. The van der Waals surface area contributed by atoms with Crippen LogP contribution in [0.1, 0.15) is 43.7 Å². The topological polar surface area (TPSA) is 12.9 Å². The van der Waals surface area contributed by atoms with Crippen LogP contribution in [0.4, 0.5) is 0 Å². The van der Waals surface area contributed by atoms with E-state index in [1.807, 2.05) is 12.3 Å². The van der Waals surface area contributed by atoms with Crippen molar-refractivity contribution in [2.75, 3.05) is 0 Å². The van der Waals surface area contributed by atoms with E-state index >= 15 is 0 Å². The molecule has 0 radical (unpaired) electrons. The molecule has 100 valence electrons. The summed E-state index contributed by atoms with van der Waals surface area (Å²) in [4.78, 5) is 4.48.